The van der Waals surface area contributed by atoms with Gasteiger partial charge in [0.1, 0.15) is 17.9 Å². The van der Waals surface area contributed by atoms with E-state index in [0.717, 1.165) is 10.3 Å². The summed E-state index contributed by atoms with van der Waals surface area (Å²) in [7, 11) is 0. The van der Waals surface area contributed by atoms with Crippen LogP contribution in [-0.2, 0) is 15.1 Å². The van der Waals surface area contributed by atoms with Gasteiger partial charge in [-0.05, 0) is 32.9 Å². The lowest BCUT2D eigenvalue weighted by Gasteiger charge is -2.19. The number of hydrogen-bond donors (Lipinski definition) is 2. The summed E-state index contributed by atoms with van der Waals surface area (Å²) in [6.45, 7) is 4.87. The van der Waals surface area contributed by atoms with Gasteiger partial charge in [-0.15, -0.1) is 0 Å². The molecule has 1 fully saturated rings. The zero-order valence-electron chi connectivity index (χ0n) is 13.8. The second-order valence-corrected chi connectivity index (χ2v) is 6.32. The molecule has 3 rings (SSSR count). The van der Waals surface area contributed by atoms with Gasteiger partial charge in [0.25, 0.3) is 5.91 Å². The molecule has 0 aliphatic carbocycles. The van der Waals surface area contributed by atoms with Gasteiger partial charge in [-0.1, -0.05) is 18.2 Å². The van der Waals surface area contributed by atoms with Crippen LogP contribution in [0.25, 0.3) is 11.0 Å². The van der Waals surface area contributed by atoms with Crippen LogP contribution in [0.2, 0.25) is 0 Å². The average Bonchev–Trinajstić information content (AvgIpc) is 3.03. The second-order valence-electron chi connectivity index (χ2n) is 6.32. The number of urea groups is 1. The Bertz CT molecular complexity index is 793. The molecule has 0 saturated carbocycles. The Hall–Kier alpha value is -2.83. The molecular formula is C17H19N3O4. The van der Waals surface area contributed by atoms with Gasteiger partial charge in [0.2, 0.25) is 5.91 Å². The van der Waals surface area contributed by atoms with Crippen molar-refractivity contribution in [2.75, 3.05) is 6.54 Å². The number of fused-ring (bicyclic) bond motifs is 1. The van der Waals surface area contributed by atoms with Crippen molar-refractivity contribution in [3.05, 3.63) is 36.1 Å². The van der Waals surface area contributed by atoms with Crippen molar-refractivity contribution in [1.29, 1.82) is 0 Å². The van der Waals surface area contributed by atoms with Crippen LogP contribution in [0.3, 0.4) is 0 Å². The fourth-order valence-electron chi connectivity index (χ4n) is 2.75. The molecule has 126 valence electrons. The highest BCUT2D eigenvalue weighted by molar-refractivity contribution is 6.09. The van der Waals surface area contributed by atoms with Crippen molar-refractivity contribution in [3.8, 4) is 0 Å². The molecule has 1 aromatic carbocycles. The summed E-state index contributed by atoms with van der Waals surface area (Å²) < 4.78 is 5.73. The summed E-state index contributed by atoms with van der Waals surface area (Å²) >= 11 is 0. The Morgan fingerprint density at radius 1 is 1.33 bits per heavy atom. The number of imide groups is 1. The third-order valence-electron chi connectivity index (χ3n) is 3.94. The van der Waals surface area contributed by atoms with Gasteiger partial charge in [-0.25, -0.2) is 4.79 Å². The van der Waals surface area contributed by atoms with Crippen molar-refractivity contribution in [1.82, 2.24) is 15.5 Å². The van der Waals surface area contributed by atoms with Gasteiger partial charge in [-0.2, -0.15) is 0 Å². The Morgan fingerprint density at radius 2 is 2.04 bits per heavy atom. The Kier molecular flexibility index (Phi) is 3.79. The molecule has 2 aromatic rings. The average molecular weight is 329 g/mol. The monoisotopic (exact) mass is 329 g/mol. The maximum atomic E-state index is 12.7. The van der Waals surface area contributed by atoms with Crippen molar-refractivity contribution < 1.29 is 18.8 Å². The topological polar surface area (TPSA) is 91.7 Å². The van der Waals surface area contributed by atoms with Gasteiger partial charge in [0, 0.05) is 11.4 Å². The highest BCUT2D eigenvalue weighted by atomic mass is 16.3. The van der Waals surface area contributed by atoms with E-state index in [2.05, 4.69) is 10.6 Å². The predicted molar refractivity (Wildman–Crippen MR) is 87.1 cm³/mol. The standard InChI is InChI=1S/C17H19N3O4/c1-10(2)18-14(21)9-20-15(22)17(3,19-16(20)23)13-8-11-6-4-5-7-12(11)24-13/h4-8,10H,9H2,1-3H3,(H,18,21)(H,19,23). The predicted octanol–water partition coefficient (Wildman–Crippen LogP) is 1.72. The number of nitrogens with one attached hydrogen (secondary N) is 2. The van der Waals surface area contributed by atoms with E-state index in [1.165, 1.54) is 0 Å². The van der Waals surface area contributed by atoms with E-state index < -0.39 is 17.5 Å². The Morgan fingerprint density at radius 3 is 2.71 bits per heavy atom. The lowest BCUT2D eigenvalue weighted by atomic mass is 9.99. The molecule has 1 atom stereocenters. The quantitative estimate of drug-likeness (QED) is 0.836. The maximum Gasteiger partial charge on any atom is 0.325 e. The number of benzene rings is 1. The van der Waals surface area contributed by atoms with E-state index in [9.17, 15) is 14.4 Å². The number of nitrogens with zero attached hydrogens (tertiary/aromatic N) is 1. The molecule has 7 heteroatoms. The molecule has 4 amide bonds. The summed E-state index contributed by atoms with van der Waals surface area (Å²) in [5, 5.41) is 6.13. The van der Waals surface area contributed by atoms with E-state index in [-0.39, 0.29) is 18.5 Å². The smallest absolute Gasteiger partial charge is 0.325 e. The fraction of sp³-hybridized carbons (Fsp3) is 0.353. The van der Waals surface area contributed by atoms with Crippen molar-refractivity contribution in [2.45, 2.75) is 32.4 Å². The summed E-state index contributed by atoms with van der Waals surface area (Å²) in [6, 6.07) is 8.39. The van der Waals surface area contributed by atoms with Crippen molar-refractivity contribution in [3.63, 3.8) is 0 Å². The lowest BCUT2D eigenvalue weighted by Crippen LogP contribution is -2.44. The molecule has 0 radical (unpaired) electrons. The minimum absolute atomic E-state index is 0.0694. The van der Waals surface area contributed by atoms with Gasteiger partial charge in [0.05, 0.1) is 0 Å². The molecule has 7 nitrogen and oxygen atoms in total. The SMILES string of the molecule is CC(C)NC(=O)CN1C(=O)NC(C)(c2cc3ccccc3o2)C1=O. The molecule has 1 aliphatic rings. The first kappa shape index (κ1) is 16.0. The van der Waals surface area contributed by atoms with Crippen molar-refractivity contribution >= 4 is 28.8 Å². The molecule has 1 aliphatic heterocycles. The van der Waals surface area contributed by atoms with Gasteiger partial charge >= 0.3 is 6.03 Å². The van der Waals surface area contributed by atoms with Gasteiger partial charge in [-0.3, -0.25) is 14.5 Å². The Balaban J connectivity index is 1.87. The van der Waals surface area contributed by atoms with Crippen LogP contribution in [-0.4, -0.2) is 35.3 Å². The summed E-state index contributed by atoms with van der Waals surface area (Å²) in [6.07, 6.45) is 0. The van der Waals surface area contributed by atoms with Crippen LogP contribution in [0.15, 0.2) is 34.7 Å². The maximum absolute atomic E-state index is 12.7. The number of rotatable bonds is 4. The van der Waals surface area contributed by atoms with E-state index in [0.29, 0.717) is 11.3 Å². The first-order valence-corrected chi connectivity index (χ1v) is 7.74. The zero-order valence-corrected chi connectivity index (χ0v) is 13.8. The number of carbonyl (C=O) groups is 3. The van der Waals surface area contributed by atoms with E-state index in [4.69, 9.17) is 4.42 Å². The van der Waals surface area contributed by atoms with Crippen LogP contribution in [0.4, 0.5) is 4.79 Å². The number of amides is 4. The lowest BCUT2D eigenvalue weighted by molar-refractivity contribution is -0.135. The van der Waals surface area contributed by atoms with Crippen LogP contribution in [0.5, 0.6) is 0 Å². The molecular weight excluding hydrogens is 310 g/mol. The normalized spacial score (nSPS) is 20.8. The largest absolute Gasteiger partial charge is 0.458 e. The molecule has 0 bridgehead atoms. The highest BCUT2D eigenvalue weighted by Crippen LogP contribution is 2.32. The van der Waals surface area contributed by atoms with Crippen LogP contribution < -0.4 is 10.6 Å². The molecule has 1 aromatic heterocycles. The minimum atomic E-state index is -1.33. The summed E-state index contributed by atoms with van der Waals surface area (Å²) in [5.74, 6) is -0.554. The van der Waals surface area contributed by atoms with Crippen LogP contribution in [0.1, 0.15) is 26.5 Å². The third-order valence-corrected chi connectivity index (χ3v) is 3.94. The first-order chi connectivity index (χ1) is 11.3. The molecule has 0 spiro atoms. The summed E-state index contributed by atoms with van der Waals surface area (Å²) in [4.78, 5) is 37.7. The fourth-order valence-corrected chi connectivity index (χ4v) is 2.75. The Labute approximate surface area is 139 Å². The third kappa shape index (κ3) is 2.62. The highest BCUT2D eigenvalue weighted by Gasteiger charge is 2.51. The van der Waals surface area contributed by atoms with Gasteiger partial charge in [0.15, 0.2) is 5.54 Å². The van der Waals surface area contributed by atoms with E-state index >= 15 is 0 Å². The number of furan rings is 1. The van der Waals surface area contributed by atoms with E-state index in [1.807, 2.05) is 32.0 Å². The number of hydrogen-bond acceptors (Lipinski definition) is 4. The minimum Gasteiger partial charge on any atom is -0.458 e. The summed E-state index contributed by atoms with van der Waals surface area (Å²) in [5.41, 5.74) is -0.694. The zero-order chi connectivity index (χ0) is 17.5. The van der Waals surface area contributed by atoms with Crippen LogP contribution >= 0.6 is 0 Å². The molecule has 2 heterocycles. The number of para-hydroxylation sites is 1. The second kappa shape index (κ2) is 5.67. The molecule has 24 heavy (non-hydrogen) atoms. The molecule has 2 N–H and O–H groups in total. The molecule has 1 saturated heterocycles. The van der Waals surface area contributed by atoms with Crippen molar-refractivity contribution in [2.24, 2.45) is 0 Å². The number of carbonyl (C=O) groups excluding carboxylic acids is 3. The van der Waals surface area contributed by atoms with E-state index in [1.54, 1.807) is 19.1 Å². The van der Waals surface area contributed by atoms with Crippen LogP contribution in [0, 0.1) is 0 Å². The first-order valence-electron chi connectivity index (χ1n) is 7.74. The van der Waals surface area contributed by atoms with Gasteiger partial charge < -0.3 is 15.1 Å². The molecule has 1 unspecified atom stereocenters.